The molecular formula is C31H27N3O5. The molecule has 0 bridgehead atoms. The summed E-state index contributed by atoms with van der Waals surface area (Å²) in [6.45, 7) is 0. The second-order valence-corrected chi connectivity index (χ2v) is 10.1. The highest BCUT2D eigenvalue weighted by atomic mass is 16.6. The highest BCUT2D eigenvalue weighted by Crippen LogP contribution is 2.34. The van der Waals surface area contributed by atoms with E-state index in [9.17, 15) is 19.2 Å². The second kappa shape index (κ2) is 9.87. The van der Waals surface area contributed by atoms with Gasteiger partial charge in [0.1, 0.15) is 0 Å². The largest absolute Gasteiger partial charge is 0.449 e. The quantitative estimate of drug-likeness (QED) is 0.261. The lowest BCUT2D eigenvalue weighted by atomic mass is 9.83. The normalized spacial score (nSPS) is 16.3. The summed E-state index contributed by atoms with van der Waals surface area (Å²) in [6, 6.07) is 21.0. The number of carbonyl (C=O) groups is 4. The summed E-state index contributed by atoms with van der Waals surface area (Å²) in [6.07, 6.45) is 5.31. The number of imide groups is 1. The number of aromatic amines is 1. The molecule has 8 nitrogen and oxygen atoms in total. The van der Waals surface area contributed by atoms with Crippen LogP contribution in [-0.4, -0.2) is 34.3 Å². The molecule has 0 atom stereocenters. The minimum Gasteiger partial charge on any atom is -0.449 e. The van der Waals surface area contributed by atoms with Gasteiger partial charge in [-0.2, -0.15) is 0 Å². The number of hydrogen-bond donors (Lipinski definition) is 2. The van der Waals surface area contributed by atoms with Gasteiger partial charge in [0.15, 0.2) is 5.60 Å². The van der Waals surface area contributed by atoms with E-state index in [1.807, 2.05) is 24.3 Å². The molecule has 1 aliphatic heterocycles. The number of hydrogen-bond acceptors (Lipinski definition) is 5. The number of H-pyrrole nitrogens is 1. The fourth-order valence-electron chi connectivity index (χ4n) is 5.55. The van der Waals surface area contributed by atoms with E-state index >= 15 is 0 Å². The molecule has 0 spiro atoms. The van der Waals surface area contributed by atoms with Crippen LogP contribution in [0.4, 0.5) is 11.4 Å². The van der Waals surface area contributed by atoms with Gasteiger partial charge in [-0.25, -0.2) is 4.90 Å². The van der Waals surface area contributed by atoms with Crippen LogP contribution in [0.25, 0.3) is 10.9 Å². The van der Waals surface area contributed by atoms with Crippen molar-refractivity contribution in [3.8, 4) is 0 Å². The summed E-state index contributed by atoms with van der Waals surface area (Å²) in [5.74, 6) is -1.58. The third-order valence-electron chi connectivity index (χ3n) is 7.57. The SMILES string of the molecule is O=C(Cc1c[nH]c2ccccc12)OC1(C(=O)Nc2ccc(N3C(=O)c4ccccc4C3=O)cc2)CCCCC1. The van der Waals surface area contributed by atoms with E-state index in [1.165, 1.54) is 0 Å². The van der Waals surface area contributed by atoms with Gasteiger partial charge in [0.25, 0.3) is 17.7 Å². The molecule has 4 aromatic rings. The third kappa shape index (κ3) is 4.48. The molecule has 39 heavy (non-hydrogen) atoms. The number of ether oxygens (including phenoxy) is 1. The van der Waals surface area contributed by atoms with Gasteiger partial charge in [-0.1, -0.05) is 36.8 Å². The van der Waals surface area contributed by atoms with E-state index in [-0.39, 0.29) is 24.1 Å². The lowest BCUT2D eigenvalue weighted by Gasteiger charge is -2.35. The monoisotopic (exact) mass is 521 g/mol. The molecule has 8 heteroatoms. The summed E-state index contributed by atoms with van der Waals surface area (Å²) in [4.78, 5) is 56.4. The highest BCUT2D eigenvalue weighted by molar-refractivity contribution is 6.34. The molecule has 0 saturated heterocycles. The summed E-state index contributed by atoms with van der Waals surface area (Å²) >= 11 is 0. The number of anilines is 2. The average molecular weight is 522 g/mol. The summed E-state index contributed by atoms with van der Waals surface area (Å²) in [5, 5.41) is 3.85. The van der Waals surface area contributed by atoms with Crippen LogP contribution in [0.15, 0.2) is 79.0 Å². The minimum atomic E-state index is -1.25. The number of rotatable bonds is 6. The molecule has 3 aromatic carbocycles. The standard InChI is InChI=1S/C31H27N3O5/c35-27(18-20-19-32-26-11-5-4-8-23(20)26)39-31(16-6-1-7-17-31)30(38)33-21-12-14-22(15-13-21)34-28(36)24-9-2-3-10-25(24)29(34)37/h2-5,8-15,19,32H,1,6-7,16-18H2,(H,33,38). The van der Waals surface area contributed by atoms with Crippen molar-refractivity contribution in [2.24, 2.45) is 0 Å². The molecule has 6 rings (SSSR count). The lowest BCUT2D eigenvalue weighted by molar-refractivity contribution is -0.169. The van der Waals surface area contributed by atoms with Gasteiger partial charge in [0.2, 0.25) is 0 Å². The lowest BCUT2D eigenvalue weighted by Crippen LogP contribution is -2.48. The zero-order valence-electron chi connectivity index (χ0n) is 21.2. The zero-order valence-corrected chi connectivity index (χ0v) is 21.2. The first-order valence-corrected chi connectivity index (χ1v) is 13.1. The van der Waals surface area contributed by atoms with E-state index in [4.69, 9.17) is 4.74 Å². The molecule has 3 amide bonds. The molecule has 1 saturated carbocycles. The first-order valence-electron chi connectivity index (χ1n) is 13.1. The van der Waals surface area contributed by atoms with Gasteiger partial charge in [-0.3, -0.25) is 19.2 Å². The topological polar surface area (TPSA) is 109 Å². The Morgan fingerprint density at radius 3 is 2.18 bits per heavy atom. The number of esters is 1. The van der Waals surface area contributed by atoms with Crippen molar-refractivity contribution in [3.63, 3.8) is 0 Å². The fraction of sp³-hybridized carbons (Fsp3) is 0.226. The summed E-state index contributed by atoms with van der Waals surface area (Å²) < 4.78 is 5.94. The maximum absolute atomic E-state index is 13.5. The second-order valence-electron chi connectivity index (χ2n) is 10.1. The summed E-state index contributed by atoms with van der Waals surface area (Å²) in [7, 11) is 0. The molecular weight excluding hydrogens is 494 g/mol. The van der Waals surface area contributed by atoms with Crippen LogP contribution in [0.3, 0.4) is 0 Å². The van der Waals surface area contributed by atoms with E-state index in [0.29, 0.717) is 35.3 Å². The van der Waals surface area contributed by atoms with Crippen LogP contribution in [0.2, 0.25) is 0 Å². The Balaban J connectivity index is 1.17. The van der Waals surface area contributed by atoms with Gasteiger partial charge in [0, 0.05) is 22.8 Å². The minimum absolute atomic E-state index is 0.0635. The molecule has 2 aliphatic rings. The molecule has 2 heterocycles. The number of amides is 3. The number of para-hydroxylation sites is 1. The number of nitrogens with one attached hydrogen (secondary N) is 2. The Labute approximate surface area is 225 Å². The van der Waals surface area contributed by atoms with Crippen molar-refractivity contribution in [1.82, 2.24) is 4.98 Å². The molecule has 1 fully saturated rings. The number of fused-ring (bicyclic) bond motifs is 2. The summed E-state index contributed by atoms with van der Waals surface area (Å²) in [5.41, 5.74) is 2.15. The Bertz CT molecular complexity index is 1560. The van der Waals surface area contributed by atoms with Gasteiger partial charge < -0.3 is 15.0 Å². The Morgan fingerprint density at radius 2 is 1.49 bits per heavy atom. The molecule has 2 N–H and O–H groups in total. The molecule has 0 unspecified atom stereocenters. The van der Waals surface area contributed by atoms with Crippen molar-refractivity contribution in [2.75, 3.05) is 10.2 Å². The van der Waals surface area contributed by atoms with E-state index in [0.717, 1.165) is 40.6 Å². The number of benzene rings is 3. The van der Waals surface area contributed by atoms with Crippen molar-refractivity contribution in [2.45, 2.75) is 44.1 Å². The van der Waals surface area contributed by atoms with Crippen molar-refractivity contribution >= 4 is 46.0 Å². The molecule has 1 aliphatic carbocycles. The van der Waals surface area contributed by atoms with E-state index < -0.39 is 11.6 Å². The van der Waals surface area contributed by atoms with Gasteiger partial charge >= 0.3 is 5.97 Å². The Morgan fingerprint density at radius 1 is 0.846 bits per heavy atom. The smallest absolute Gasteiger partial charge is 0.311 e. The number of carbonyl (C=O) groups excluding carboxylic acids is 4. The maximum Gasteiger partial charge on any atom is 0.311 e. The van der Waals surface area contributed by atoms with Gasteiger partial charge in [-0.05, 0) is 73.7 Å². The van der Waals surface area contributed by atoms with Crippen LogP contribution in [-0.2, 0) is 20.7 Å². The van der Waals surface area contributed by atoms with Crippen molar-refractivity contribution in [3.05, 3.63) is 95.7 Å². The van der Waals surface area contributed by atoms with Crippen LogP contribution in [0.1, 0.15) is 58.4 Å². The zero-order chi connectivity index (χ0) is 27.0. The number of aromatic nitrogens is 1. The van der Waals surface area contributed by atoms with E-state index in [2.05, 4.69) is 10.3 Å². The average Bonchev–Trinajstić information content (AvgIpc) is 3.47. The maximum atomic E-state index is 13.5. The predicted molar refractivity (Wildman–Crippen MR) is 147 cm³/mol. The highest BCUT2D eigenvalue weighted by Gasteiger charge is 2.43. The first kappa shape index (κ1) is 24.6. The Kier molecular flexibility index (Phi) is 6.23. The van der Waals surface area contributed by atoms with E-state index in [1.54, 1.807) is 54.7 Å². The molecule has 1 aromatic heterocycles. The van der Waals surface area contributed by atoms with Crippen molar-refractivity contribution < 1.29 is 23.9 Å². The molecule has 196 valence electrons. The van der Waals surface area contributed by atoms with Crippen LogP contribution < -0.4 is 10.2 Å². The van der Waals surface area contributed by atoms with Crippen molar-refractivity contribution in [1.29, 1.82) is 0 Å². The van der Waals surface area contributed by atoms with Crippen LogP contribution in [0.5, 0.6) is 0 Å². The first-order chi connectivity index (χ1) is 18.9. The molecule has 0 radical (unpaired) electrons. The van der Waals surface area contributed by atoms with Gasteiger partial charge in [0.05, 0.1) is 23.2 Å². The third-order valence-corrected chi connectivity index (χ3v) is 7.57. The van der Waals surface area contributed by atoms with Gasteiger partial charge in [-0.15, -0.1) is 0 Å². The van der Waals surface area contributed by atoms with Crippen LogP contribution >= 0.6 is 0 Å². The predicted octanol–water partition coefficient (Wildman–Crippen LogP) is 5.40. The number of nitrogens with zero attached hydrogens (tertiary/aromatic N) is 1. The van der Waals surface area contributed by atoms with Crippen LogP contribution in [0, 0.1) is 0 Å². The fourth-order valence-corrected chi connectivity index (χ4v) is 5.55. The Hall–Kier alpha value is -4.72.